The highest BCUT2D eigenvalue weighted by molar-refractivity contribution is 5.85. The summed E-state index contributed by atoms with van der Waals surface area (Å²) in [4.78, 5) is 11.8. The molecule has 13 heavy (non-hydrogen) atoms. The lowest BCUT2D eigenvalue weighted by Crippen LogP contribution is -2.28. The van der Waals surface area contributed by atoms with E-state index in [1.165, 1.54) is 19.3 Å². The van der Waals surface area contributed by atoms with Crippen molar-refractivity contribution in [2.45, 2.75) is 60.3 Å². The first-order valence-electron chi connectivity index (χ1n) is 5.46. The molecule has 0 atom stereocenters. The Morgan fingerprint density at radius 1 is 1.23 bits per heavy atom. The lowest BCUT2D eigenvalue weighted by Gasteiger charge is -2.24. The molecule has 0 aromatic carbocycles. The minimum atomic E-state index is -0.108. The number of unbranched alkanes of at least 4 members (excludes halogenated alkanes) is 2. The SMILES string of the molecule is CCCCCC(C)(C)C(=O)C(C)C. The van der Waals surface area contributed by atoms with Crippen LogP contribution in [0.1, 0.15) is 60.3 Å². The Kier molecular flexibility index (Phi) is 5.27. The fourth-order valence-corrected chi connectivity index (χ4v) is 1.72. The van der Waals surface area contributed by atoms with Crippen molar-refractivity contribution in [3.63, 3.8) is 0 Å². The molecule has 0 saturated carbocycles. The van der Waals surface area contributed by atoms with Crippen LogP contribution in [0.25, 0.3) is 0 Å². The van der Waals surface area contributed by atoms with Crippen molar-refractivity contribution < 1.29 is 4.79 Å². The van der Waals surface area contributed by atoms with E-state index in [-0.39, 0.29) is 11.3 Å². The van der Waals surface area contributed by atoms with Gasteiger partial charge in [0.15, 0.2) is 0 Å². The second-order valence-corrected chi connectivity index (χ2v) is 4.86. The molecule has 0 fully saturated rings. The van der Waals surface area contributed by atoms with Crippen molar-refractivity contribution in [2.24, 2.45) is 11.3 Å². The first kappa shape index (κ1) is 12.7. The van der Waals surface area contributed by atoms with Crippen LogP contribution in [0.4, 0.5) is 0 Å². The maximum absolute atomic E-state index is 11.8. The average molecular weight is 184 g/mol. The van der Waals surface area contributed by atoms with E-state index in [9.17, 15) is 4.79 Å². The van der Waals surface area contributed by atoms with Gasteiger partial charge in [0.2, 0.25) is 0 Å². The van der Waals surface area contributed by atoms with Crippen LogP contribution < -0.4 is 0 Å². The summed E-state index contributed by atoms with van der Waals surface area (Å²) < 4.78 is 0. The Morgan fingerprint density at radius 2 is 1.77 bits per heavy atom. The smallest absolute Gasteiger partial charge is 0.140 e. The molecule has 0 aromatic heterocycles. The van der Waals surface area contributed by atoms with Crippen molar-refractivity contribution in [3.8, 4) is 0 Å². The molecule has 0 amide bonds. The number of Topliss-reactive ketones (excluding diaryl/α,β-unsaturated/α-hetero) is 1. The van der Waals surface area contributed by atoms with E-state index in [0.717, 1.165) is 6.42 Å². The van der Waals surface area contributed by atoms with Gasteiger partial charge in [-0.1, -0.05) is 53.9 Å². The summed E-state index contributed by atoms with van der Waals surface area (Å²) in [6, 6.07) is 0. The Labute approximate surface area is 82.9 Å². The quantitative estimate of drug-likeness (QED) is 0.573. The van der Waals surface area contributed by atoms with E-state index >= 15 is 0 Å². The predicted octanol–water partition coefficient (Wildman–Crippen LogP) is 3.82. The lowest BCUT2D eigenvalue weighted by atomic mass is 9.78. The molecule has 0 rings (SSSR count). The molecule has 78 valence electrons. The largest absolute Gasteiger partial charge is 0.299 e. The molecule has 0 aliphatic rings. The topological polar surface area (TPSA) is 17.1 Å². The van der Waals surface area contributed by atoms with E-state index in [1.54, 1.807) is 0 Å². The monoisotopic (exact) mass is 184 g/mol. The molecule has 0 aliphatic carbocycles. The number of rotatable bonds is 6. The van der Waals surface area contributed by atoms with Crippen LogP contribution >= 0.6 is 0 Å². The van der Waals surface area contributed by atoms with Crippen molar-refractivity contribution in [3.05, 3.63) is 0 Å². The highest BCUT2D eigenvalue weighted by Gasteiger charge is 2.28. The first-order valence-corrected chi connectivity index (χ1v) is 5.46. The highest BCUT2D eigenvalue weighted by Crippen LogP contribution is 2.27. The fraction of sp³-hybridized carbons (Fsp3) is 0.917. The van der Waals surface area contributed by atoms with Crippen molar-refractivity contribution in [2.75, 3.05) is 0 Å². The third-order valence-corrected chi connectivity index (χ3v) is 2.60. The van der Waals surface area contributed by atoms with Gasteiger partial charge in [0.25, 0.3) is 0 Å². The Bertz CT molecular complexity index is 157. The van der Waals surface area contributed by atoms with Crippen LogP contribution in [0.15, 0.2) is 0 Å². The second kappa shape index (κ2) is 5.41. The number of hydrogen-bond acceptors (Lipinski definition) is 1. The standard InChI is InChI=1S/C12H24O/c1-6-7-8-9-12(4,5)11(13)10(2)3/h10H,6-9H2,1-5H3. The second-order valence-electron chi connectivity index (χ2n) is 4.86. The predicted molar refractivity (Wildman–Crippen MR) is 57.8 cm³/mol. The number of ketones is 1. The summed E-state index contributed by atoms with van der Waals surface area (Å²) in [6.07, 6.45) is 4.70. The minimum absolute atomic E-state index is 0.108. The van der Waals surface area contributed by atoms with Gasteiger partial charge in [-0.25, -0.2) is 0 Å². The molecule has 0 radical (unpaired) electrons. The number of hydrogen-bond donors (Lipinski definition) is 0. The molecule has 0 N–H and O–H groups in total. The zero-order valence-electron chi connectivity index (χ0n) is 9.81. The molecule has 0 bridgehead atoms. The molecule has 0 unspecified atom stereocenters. The molecular weight excluding hydrogens is 160 g/mol. The van der Waals surface area contributed by atoms with E-state index in [4.69, 9.17) is 0 Å². The van der Waals surface area contributed by atoms with Gasteiger partial charge < -0.3 is 0 Å². The molecule has 0 aromatic rings. The van der Waals surface area contributed by atoms with Crippen LogP contribution in [0.2, 0.25) is 0 Å². The Balaban J connectivity index is 3.99. The molecule has 1 heteroatoms. The van der Waals surface area contributed by atoms with E-state index < -0.39 is 0 Å². The maximum atomic E-state index is 11.8. The van der Waals surface area contributed by atoms with Gasteiger partial charge in [0.1, 0.15) is 5.78 Å². The molecule has 0 saturated heterocycles. The number of carbonyl (C=O) groups is 1. The number of carbonyl (C=O) groups excluding carboxylic acids is 1. The van der Waals surface area contributed by atoms with Gasteiger partial charge in [-0.15, -0.1) is 0 Å². The lowest BCUT2D eigenvalue weighted by molar-refractivity contribution is -0.130. The summed E-state index contributed by atoms with van der Waals surface area (Å²) in [7, 11) is 0. The third kappa shape index (κ3) is 4.44. The first-order chi connectivity index (χ1) is 5.91. The molecule has 0 aliphatic heterocycles. The highest BCUT2D eigenvalue weighted by atomic mass is 16.1. The minimum Gasteiger partial charge on any atom is -0.299 e. The fourth-order valence-electron chi connectivity index (χ4n) is 1.72. The summed E-state index contributed by atoms with van der Waals surface area (Å²) in [5.41, 5.74) is -0.108. The van der Waals surface area contributed by atoms with E-state index in [0.29, 0.717) is 5.78 Å². The summed E-state index contributed by atoms with van der Waals surface area (Å²) in [5.74, 6) is 0.584. The zero-order chi connectivity index (χ0) is 10.5. The van der Waals surface area contributed by atoms with Gasteiger partial charge in [0, 0.05) is 11.3 Å². The summed E-state index contributed by atoms with van der Waals surface area (Å²) in [5, 5.41) is 0. The van der Waals surface area contributed by atoms with Crippen LogP contribution in [0.5, 0.6) is 0 Å². The zero-order valence-corrected chi connectivity index (χ0v) is 9.81. The van der Waals surface area contributed by atoms with Crippen LogP contribution in [-0.4, -0.2) is 5.78 Å². The van der Waals surface area contributed by atoms with Crippen molar-refractivity contribution >= 4 is 5.78 Å². The van der Waals surface area contributed by atoms with Gasteiger partial charge >= 0.3 is 0 Å². The molecule has 0 heterocycles. The molecule has 1 nitrogen and oxygen atoms in total. The summed E-state index contributed by atoms with van der Waals surface area (Å²) in [6.45, 7) is 10.3. The van der Waals surface area contributed by atoms with Crippen LogP contribution in [0, 0.1) is 11.3 Å². The Hall–Kier alpha value is -0.330. The molecular formula is C12H24O. The van der Waals surface area contributed by atoms with E-state index in [1.807, 2.05) is 13.8 Å². The van der Waals surface area contributed by atoms with Crippen molar-refractivity contribution in [1.82, 2.24) is 0 Å². The molecule has 0 spiro atoms. The Morgan fingerprint density at radius 3 is 2.15 bits per heavy atom. The third-order valence-electron chi connectivity index (χ3n) is 2.60. The summed E-state index contributed by atoms with van der Waals surface area (Å²) >= 11 is 0. The van der Waals surface area contributed by atoms with Crippen LogP contribution in [0.3, 0.4) is 0 Å². The van der Waals surface area contributed by atoms with Crippen molar-refractivity contribution in [1.29, 1.82) is 0 Å². The van der Waals surface area contributed by atoms with Gasteiger partial charge in [-0.3, -0.25) is 4.79 Å². The van der Waals surface area contributed by atoms with Gasteiger partial charge in [0.05, 0.1) is 0 Å². The normalized spacial score (nSPS) is 12.2. The van der Waals surface area contributed by atoms with E-state index in [2.05, 4.69) is 20.8 Å². The van der Waals surface area contributed by atoms with Crippen LogP contribution in [-0.2, 0) is 4.79 Å². The maximum Gasteiger partial charge on any atom is 0.140 e. The average Bonchev–Trinajstić information content (AvgIpc) is 2.03. The van der Waals surface area contributed by atoms with Gasteiger partial charge in [-0.2, -0.15) is 0 Å². The van der Waals surface area contributed by atoms with Gasteiger partial charge in [-0.05, 0) is 6.42 Å².